The molecule has 2 fully saturated rings. The molecule has 3 aromatic heterocycles. The fourth-order valence-electron chi connectivity index (χ4n) is 7.64. The second-order valence-electron chi connectivity index (χ2n) is 13.4. The first-order valence-corrected chi connectivity index (χ1v) is 15.8. The van der Waals surface area contributed by atoms with Crippen molar-refractivity contribution in [2.45, 2.75) is 56.6 Å². The minimum absolute atomic E-state index is 0.265. The Hall–Kier alpha value is -5.21. The number of benzene rings is 3. The maximum atomic E-state index is 13.6. The molecule has 0 unspecified atom stereocenters. The normalized spacial score (nSPS) is 22.5. The Morgan fingerprint density at radius 1 is 0.783 bits per heavy atom. The number of aliphatic hydroxyl groups is 1. The summed E-state index contributed by atoms with van der Waals surface area (Å²) in [4.78, 5) is 38.8. The summed E-state index contributed by atoms with van der Waals surface area (Å²) in [5.74, 6) is -0.143. The molecule has 0 atom stereocenters. The van der Waals surface area contributed by atoms with Crippen molar-refractivity contribution in [3.05, 3.63) is 119 Å². The van der Waals surface area contributed by atoms with Crippen LogP contribution in [0, 0.1) is 6.92 Å². The maximum absolute atomic E-state index is 13.6. The number of rotatable bonds is 5. The lowest BCUT2D eigenvalue weighted by atomic mass is 9.61. The van der Waals surface area contributed by atoms with E-state index >= 15 is 0 Å². The average Bonchev–Trinajstić information content (AvgIpc) is 3.77. The highest BCUT2D eigenvalue weighted by atomic mass is 16.3. The molecule has 0 radical (unpaired) electrons. The summed E-state index contributed by atoms with van der Waals surface area (Å²) in [6.07, 6.45) is 2.84. The number of imide groups is 1. The first-order chi connectivity index (χ1) is 22.2. The molecule has 6 aromatic rings. The Morgan fingerprint density at radius 3 is 2.07 bits per heavy atom. The Morgan fingerprint density at radius 2 is 1.43 bits per heavy atom. The lowest BCUT2D eigenvalue weighted by Crippen LogP contribution is -2.63. The molecular formula is C38H31N5O3. The van der Waals surface area contributed by atoms with Gasteiger partial charge in [0.25, 0.3) is 11.8 Å². The second-order valence-corrected chi connectivity index (χ2v) is 13.4. The van der Waals surface area contributed by atoms with Crippen LogP contribution in [0.2, 0.25) is 0 Å². The fourth-order valence-corrected chi connectivity index (χ4v) is 7.64. The lowest BCUT2D eigenvalue weighted by Gasteiger charge is -2.55. The molecular weight excluding hydrogens is 574 g/mol. The number of hydrogen-bond acceptors (Lipinski definition) is 6. The van der Waals surface area contributed by atoms with Crippen LogP contribution in [-0.4, -0.2) is 47.0 Å². The van der Waals surface area contributed by atoms with Crippen molar-refractivity contribution in [3.8, 4) is 22.4 Å². The molecule has 46 heavy (non-hydrogen) atoms. The van der Waals surface area contributed by atoms with E-state index in [9.17, 15) is 14.7 Å². The van der Waals surface area contributed by atoms with E-state index in [4.69, 9.17) is 15.1 Å². The minimum atomic E-state index is -0.991. The van der Waals surface area contributed by atoms with Gasteiger partial charge in [-0.15, -0.1) is 0 Å². The summed E-state index contributed by atoms with van der Waals surface area (Å²) in [5, 5.41) is 16.8. The minimum Gasteiger partial charge on any atom is -0.390 e. The molecule has 0 bridgehead atoms. The largest absolute Gasteiger partial charge is 0.390 e. The van der Waals surface area contributed by atoms with Crippen LogP contribution in [0.4, 0.5) is 0 Å². The molecule has 1 N–H and O–H groups in total. The molecule has 3 aromatic carbocycles. The molecule has 2 aliphatic carbocycles. The van der Waals surface area contributed by atoms with Crippen LogP contribution in [0.15, 0.2) is 91.0 Å². The maximum Gasteiger partial charge on any atom is 0.262 e. The van der Waals surface area contributed by atoms with Gasteiger partial charge in [0, 0.05) is 41.3 Å². The molecule has 226 valence electrons. The van der Waals surface area contributed by atoms with Crippen molar-refractivity contribution in [2.75, 3.05) is 0 Å². The number of carbonyl (C=O) groups is 2. The lowest BCUT2D eigenvalue weighted by molar-refractivity contribution is -0.118. The zero-order chi connectivity index (χ0) is 31.4. The topological polar surface area (TPSA) is 101 Å². The van der Waals surface area contributed by atoms with Gasteiger partial charge in [0.05, 0.1) is 39.3 Å². The second kappa shape index (κ2) is 9.40. The van der Waals surface area contributed by atoms with Crippen molar-refractivity contribution >= 4 is 28.5 Å². The average molecular weight is 606 g/mol. The number of aryl methyl sites for hydroxylation is 1. The molecule has 2 saturated carbocycles. The van der Waals surface area contributed by atoms with Gasteiger partial charge in [-0.2, -0.15) is 9.61 Å². The molecule has 2 amide bonds. The van der Waals surface area contributed by atoms with Crippen LogP contribution in [0.5, 0.6) is 0 Å². The number of pyridine rings is 1. The van der Waals surface area contributed by atoms with Crippen LogP contribution in [0.25, 0.3) is 39.1 Å². The predicted octanol–water partition coefficient (Wildman–Crippen LogP) is 6.83. The molecule has 4 heterocycles. The highest BCUT2D eigenvalue weighted by Gasteiger charge is 2.60. The van der Waals surface area contributed by atoms with Crippen LogP contribution in [0.3, 0.4) is 0 Å². The van der Waals surface area contributed by atoms with E-state index in [0.717, 1.165) is 68.9 Å². The number of nitrogens with zero attached hydrogens (tertiary/aromatic N) is 5. The summed E-state index contributed by atoms with van der Waals surface area (Å²) < 4.78 is 1.87. The zero-order valence-electron chi connectivity index (χ0n) is 25.6. The van der Waals surface area contributed by atoms with Gasteiger partial charge < -0.3 is 5.11 Å². The standard InChI is InChI=1S/C38H31N5O3/c1-22-29-18-30(23-8-4-3-5-9-23)33(40-34(29)43-32(39-22)19-31(41-43)24-12-13-24)25-14-16-26(17-15-25)38(20-37(2,46)21-38)42-35(44)27-10-6-7-11-28(27)36(42)45/h3-11,14-19,24,46H,12-13,20-21H2,1-2H3. The van der Waals surface area contributed by atoms with Crippen LogP contribution in [-0.2, 0) is 5.54 Å². The SMILES string of the molecule is Cc1nc2cc(C3CC3)nn2c2nc(-c3ccc(C4(N5C(=O)c6ccccc6C5=O)CC(C)(O)C4)cc3)c(-c3ccccc3)cc12. The summed E-state index contributed by atoms with van der Waals surface area (Å²) in [6.45, 7) is 3.77. The van der Waals surface area contributed by atoms with E-state index in [1.807, 2.05) is 53.9 Å². The summed E-state index contributed by atoms with van der Waals surface area (Å²) >= 11 is 0. The summed E-state index contributed by atoms with van der Waals surface area (Å²) in [7, 11) is 0. The third kappa shape index (κ3) is 3.93. The molecule has 0 spiro atoms. The van der Waals surface area contributed by atoms with Crippen LogP contribution in [0.1, 0.15) is 76.2 Å². The Bertz CT molecular complexity index is 2210. The van der Waals surface area contributed by atoms with Crippen LogP contribution < -0.4 is 0 Å². The first-order valence-electron chi connectivity index (χ1n) is 15.8. The van der Waals surface area contributed by atoms with E-state index < -0.39 is 11.1 Å². The highest BCUT2D eigenvalue weighted by molar-refractivity contribution is 6.22. The van der Waals surface area contributed by atoms with Crippen molar-refractivity contribution in [1.82, 2.24) is 24.5 Å². The highest BCUT2D eigenvalue weighted by Crippen LogP contribution is 2.54. The van der Waals surface area contributed by atoms with Gasteiger partial charge in [-0.25, -0.2) is 9.97 Å². The van der Waals surface area contributed by atoms with Gasteiger partial charge in [-0.05, 0) is 56.0 Å². The zero-order valence-corrected chi connectivity index (χ0v) is 25.6. The smallest absolute Gasteiger partial charge is 0.262 e. The third-order valence-corrected chi connectivity index (χ3v) is 9.93. The van der Waals surface area contributed by atoms with Gasteiger partial charge in [0.2, 0.25) is 0 Å². The van der Waals surface area contributed by atoms with Crippen molar-refractivity contribution in [3.63, 3.8) is 0 Å². The third-order valence-electron chi connectivity index (χ3n) is 9.93. The number of amides is 2. The number of hydrogen-bond donors (Lipinski definition) is 1. The van der Waals surface area contributed by atoms with Gasteiger partial charge in [0.15, 0.2) is 11.3 Å². The van der Waals surface area contributed by atoms with Crippen molar-refractivity contribution in [2.24, 2.45) is 0 Å². The Labute approximate surface area is 265 Å². The summed E-state index contributed by atoms with van der Waals surface area (Å²) in [6, 6.07) is 29.3. The van der Waals surface area contributed by atoms with Crippen molar-refractivity contribution in [1.29, 1.82) is 0 Å². The molecule has 8 heteroatoms. The van der Waals surface area contributed by atoms with Gasteiger partial charge in [-0.1, -0.05) is 66.7 Å². The van der Waals surface area contributed by atoms with E-state index in [2.05, 4.69) is 24.3 Å². The monoisotopic (exact) mass is 605 g/mol. The van der Waals surface area contributed by atoms with E-state index in [1.165, 1.54) is 4.90 Å². The van der Waals surface area contributed by atoms with E-state index in [0.29, 0.717) is 17.0 Å². The number of aromatic nitrogens is 4. The molecule has 1 aliphatic heterocycles. The number of fused-ring (bicyclic) bond motifs is 4. The molecule has 9 rings (SSSR count). The molecule has 3 aliphatic rings. The molecule has 0 saturated heterocycles. The van der Waals surface area contributed by atoms with Gasteiger partial charge >= 0.3 is 0 Å². The molecule has 8 nitrogen and oxygen atoms in total. The Kier molecular flexibility index (Phi) is 5.55. The van der Waals surface area contributed by atoms with E-state index in [-0.39, 0.29) is 24.7 Å². The number of carbonyl (C=O) groups excluding carboxylic acids is 2. The summed E-state index contributed by atoms with van der Waals surface area (Å²) in [5.41, 5.74) is 6.90. The van der Waals surface area contributed by atoms with Gasteiger partial charge in [-0.3, -0.25) is 14.5 Å². The first kappa shape index (κ1) is 27.1. The van der Waals surface area contributed by atoms with Crippen LogP contribution >= 0.6 is 0 Å². The van der Waals surface area contributed by atoms with Gasteiger partial charge in [0.1, 0.15) is 0 Å². The predicted molar refractivity (Wildman–Crippen MR) is 174 cm³/mol. The fraction of sp³-hybridized carbons (Fsp3) is 0.237. The quantitative estimate of drug-likeness (QED) is 0.216. The van der Waals surface area contributed by atoms with E-state index in [1.54, 1.807) is 31.2 Å². The van der Waals surface area contributed by atoms with Crippen molar-refractivity contribution < 1.29 is 14.7 Å². The Balaban J connectivity index is 1.19.